The van der Waals surface area contributed by atoms with Crippen LogP contribution in [0, 0.1) is 12.8 Å². The Labute approximate surface area is 208 Å². The average Bonchev–Trinajstić information content (AvgIpc) is 2.82. The van der Waals surface area contributed by atoms with Gasteiger partial charge in [0.15, 0.2) is 6.23 Å². The molecule has 7 heteroatoms. The molecule has 2 unspecified atom stereocenters. The molecule has 34 heavy (non-hydrogen) atoms. The van der Waals surface area contributed by atoms with Gasteiger partial charge in [0.1, 0.15) is 5.60 Å². The Morgan fingerprint density at radius 2 is 1.82 bits per heavy atom. The molecule has 7 nitrogen and oxygen atoms in total. The van der Waals surface area contributed by atoms with Crippen LogP contribution in [0.2, 0.25) is 0 Å². The first kappa shape index (κ1) is 36.3. The molecule has 0 aromatic heterocycles. The molecule has 0 spiro atoms. The fraction of sp³-hybridized carbons (Fsp3) is 0.556. The van der Waals surface area contributed by atoms with Crippen molar-refractivity contribution in [2.45, 2.75) is 73.1 Å². The summed E-state index contributed by atoms with van der Waals surface area (Å²) in [5, 5.41) is 17.2. The van der Waals surface area contributed by atoms with Crippen LogP contribution in [0.1, 0.15) is 59.9 Å². The van der Waals surface area contributed by atoms with Gasteiger partial charge in [-0.3, -0.25) is 9.79 Å². The van der Waals surface area contributed by atoms with E-state index in [1.807, 2.05) is 66.9 Å². The van der Waals surface area contributed by atoms with Gasteiger partial charge in [0.25, 0.3) is 6.47 Å². The van der Waals surface area contributed by atoms with E-state index in [-0.39, 0.29) is 5.60 Å². The molecule has 1 rings (SSSR count). The normalized spacial score (nSPS) is 12.5. The lowest BCUT2D eigenvalue weighted by Gasteiger charge is -2.19. The van der Waals surface area contributed by atoms with Gasteiger partial charge in [-0.2, -0.15) is 5.48 Å². The Hall–Kier alpha value is -2.32. The number of aliphatic hydroxyl groups is 1. The van der Waals surface area contributed by atoms with Gasteiger partial charge in [-0.15, -0.1) is 0 Å². The van der Waals surface area contributed by atoms with Gasteiger partial charge in [0.2, 0.25) is 0 Å². The summed E-state index contributed by atoms with van der Waals surface area (Å²) in [6.45, 7) is 19.4. The van der Waals surface area contributed by atoms with Crippen molar-refractivity contribution in [3.8, 4) is 0 Å². The zero-order chi connectivity index (χ0) is 27.0. The van der Waals surface area contributed by atoms with E-state index in [4.69, 9.17) is 15.1 Å². The molecule has 3 N–H and O–H groups in total. The van der Waals surface area contributed by atoms with Crippen LogP contribution in [0.25, 0.3) is 0 Å². The van der Waals surface area contributed by atoms with Crippen LogP contribution in [0.15, 0.2) is 59.8 Å². The Morgan fingerprint density at radius 1 is 1.26 bits per heavy atom. The number of nitrogens with one attached hydrogen (secondary N) is 1. The Kier molecular flexibility index (Phi) is 25.4. The molecule has 1 aromatic carbocycles. The van der Waals surface area contributed by atoms with E-state index in [9.17, 15) is 4.79 Å². The van der Waals surface area contributed by atoms with E-state index in [1.165, 1.54) is 11.8 Å². The molecular formula is C27H49N3O4. The number of hydrogen-bond acceptors (Lipinski definition) is 7. The molecule has 1 aromatic rings. The van der Waals surface area contributed by atoms with Gasteiger partial charge >= 0.3 is 0 Å². The summed E-state index contributed by atoms with van der Waals surface area (Å²) in [6, 6.07) is 10.3. The zero-order valence-electron chi connectivity index (χ0n) is 22.8. The molecule has 0 aliphatic carbocycles. The van der Waals surface area contributed by atoms with Crippen LogP contribution >= 0.6 is 0 Å². The number of benzene rings is 1. The molecule has 0 saturated carbocycles. The number of carbonyl (C=O) groups excluding carboxylic acids is 1. The molecule has 0 heterocycles. The standard InChI is InChI=1S/C12H23N3O2.C7H8.C6H12O2.C2H6/c1-10(11(2)6-8-15(3)4)5-7-13-9-12(16)14-17;1-7-5-3-2-4-6-7;1-4-6(2,3)8-5-7;1-2/h5,7,9,11-12,14,16-17H,1,6,8H2,2-4H3;2-6H,1H3;5H,4H2,1-3H3;1-2H3/b7-5-,13-9?;;;. The van der Waals surface area contributed by atoms with Gasteiger partial charge in [-0.1, -0.05) is 75.7 Å². The van der Waals surface area contributed by atoms with Crippen molar-refractivity contribution in [2.75, 3.05) is 20.6 Å². The van der Waals surface area contributed by atoms with E-state index in [0.717, 1.165) is 25.0 Å². The number of aryl methyl sites for hydroxylation is 1. The fourth-order valence-electron chi connectivity index (χ4n) is 1.85. The molecule has 0 saturated heterocycles. The summed E-state index contributed by atoms with van der Waals surface area (Å²) in [7, 11) is 4.08. The highest BCUT2D eigenvalue weighted by Crippen LogP contribution is 2.14. The number of nitrogens with zero attached hydrogens (tertiary/aromatic N) is 2. The molecule has 0 aliphatic heterocycles. The summed E-state index contributed by atoms with van der Waals surface area (Å²) < 4.78 is 4.70. The van der Waals surface area contributed by atoms with Crippen molar-refractivity contribution in [3.63, 3.8) is 0 Å². The van der Waals surface area contributed by atoms with Gasteiger partial charge < -0.3 is 20.0 Å². The van der Waals surface area contributed by atoms with Gasteiger partial charge in [0.05, 0.1) is 0 Å². The monoisotopic (exact) mass is 479 g/mol. The first-order valence-electron chi connectivity index (χ1n) is 11.7. The zero-order valence-corrected chi connectivity index (χ0v) is 22.8. The lowest BCUT2D eigenvalue weighted by atomic mass is 9.99. The summed E-state index contributed by atoms with van der Waals surface area (Å²) in [5.74, 6) is 0.393. The number of aliphatic hydroxyl groups excluding tert-OH is 1. The summed E-state index contributed by atoms with van der Waals surface area (Å²) in [5.41, 5.74) is 3.69. The van der Waals surface area contributed by atoms with Crippen molar-refractivity contribution in [1.29, 1.82) is 0 Å². The van der Waals surface area contributed by atoms with Gasteiger partial charge in [-0.05, 0) is 66.2 Å². The Balaban J connectivity index is -0.000000465. The van der Waals surface area contributed by atoms with Crippen LogP contribution in [0.4, 0.5) is 0 Å². The number of hydroxylamine groups is 1. The Bertz CT molecular complexity index is 659. The maximum absolute atomic E-state index is 9.76. The van der Waals surface area contributed by atoms with Crippen LogP contribution in [0.5, 0.6) is 0 Å². The van der Waals surface area contributed by atoms with E-state index >= 15 is 0 Å². The number of rotatable bonds is 11. The maximum atomic E-state index is 9.76. The largest absolute Gasteiger partial charge is 0.462 e. The molecule has 0 aliphatic rings. The Morgan fingerprint density at radius 3 is 2.18 bits per heavy atom. The predicted octanol–water partition coefficient (Wildman–Crippen LogP) is 5.38. The number of hydrogen-bond donors (Lipinski definition) is 3. The third kappa shape index (κ3) is 25.9. The minimum Gasteiger partial charge on any atom is -0.462 e. The van der Waals surface area contributed by atoms with Gasteiger partial charge in [0, 0.05) is 12.4 Å². The second kappa shape index (κ2) is 23.8. The molecule has 0 bridgehead atoms. The van der Waals surface area contributed by atoms with E-state index in [1.54, 1.807) is 17.8 Å². The quantitative estimate of drug-likeness (QED) is 0.130. The van der Waals surface area contributed by atoms with E-state index < -0.39 is 6.23 Å². The number of allylic oxidation sites excluding steroid dienone is 2. The van der Waals surface area contributed by atoms with Crippen molar-refractivity contribution in [2.24, 2.45) is 10.9 Å². The van der Waals surface area contributed by atoms with Crippen LogP contribution in [-0.4, -0.2) is 60.4 Å². The van der Waals surface area contributed by atoms with Crippen molar-refractivity contribution < 1.29 is 19.8 Å². The highest BCUT2D eigenvalue weighted by Gasteiger charge is 2.13. The topological polar surface area (TPSA) is 94.4 Å². The fourth-order valence-corrected chi connectivity index (χ4v) is 1.85. The lowest BCUT2D eigenvalue weighted by Crippen LogP contribution is -2.26. The van der Waals surface area contributed by atoms with Gasteiger partial charge in [-0.25, -0.2) is 0 Å². The number of carbonyl (C=O) groups is 1. The SMILES string of the molecule is C=C(/C=C\N=CC(O)NO)C(C)CCN(C)C.CC.CCC(C)(C)OC=O.Cc1ccccc1. The van der Waals surface area contributed by atoms with Crippen LogP contribution < -0.4 is 5.48 Å². The lowest BCUT2D eigenvalue weighted by molar-refractivity contribution is -0.140. The number of aliphatic imine (C=N–C) groups is 1. The van der Waals surface area contributed by atoms with E-state index in [0.29, 0.717) is 12.4 Å². The number of ether oxygens (including phenoxy) is 1. The molecule has 196 valence electrons. The van der Waals surface area contributed by atoms with Crippen LogP contribution in [0.3, 0.4) is 0 Å². The maximum Gasteiger partial charge on any atom is 0.293 e. The second-order valence-corrected chi connectivity index (χ2v) is 8.24. The first-order chi connectivity index (χ1) is 16.0. The molecule has 0 fully saturated rings. The average molecular weight is 480 g/mol. The molecule has 0 amide bonds. The van der Waals surface area contributed by atoms with Crippen molar-refractivity contribution in [1.82, 2.24) is 10.4 Å². The van der Waals surface area contributed by atoms with Crippen molar-refractivity contribution >= 4 is 12.7 Å². The third-order valence-electron chi connectivity index (χ3n) is 4.54. The predicted molar refractivity (Wildman–Crippen MR) is 144 cm³/mol. The smallest absolute Gasteiger partial charge is 0.293 e. The molecule has 2 atom stereocenters. The second-order valence-electron chi connectivity index (χ2n) is 8.24. The minimum atomic E-state index is -1.14. The minimum absolute atomic E-state index is 0.276. The van der Waals surface area contributed by atoms with E-state index in [2.05, 4.69) is 42.5 Å². The first-order valence-corrected chi connectivity index (χ1v) is 11.7. The highest BCUT2D eigenvalue weighted by molar-refractivity contribution is 5.62. The third-order valence-corrected chi connectivity index (χ3v) is 4.54. The molecule has 0 radical (unpaired) electrons. The highest BCUT2D eigenvalue weighted by atomic mass is 16.5. The summed E-state index contributed by atoms with van der Waals surface area (Å²) in [6.07, 6.45) is 5.30. The summed E-state index contributed by atoms with van der Waals surface area (Å²) >= 11 is 0. The van der Waals surface area contributed by atoms with Crippen LogP contribution in [-0.2, 0) is 9.53 Å². The van der Waals surface area contributed by atoms with Crippen molar-refractivity contribution in [3.05, 3.63) is 60.3 Å². The molecular weight excluding hydrogens is 430 g/mol. The summed E-state index contributed by atoms with van der Waals surface area (Å²) in [4.78, 5) is 15.7.